The van der Waals surface area contributed by atoms with Crippen molar-refractivity contribution >= 4 is 23.5 Å². The lowest BCUT2D eigenvalue weighted by atomic mass is 9.92. The van der Waals surface area contributed by atoms with E-state index in [2.05, 4.69) is 15.6 Å². The smallest absolute Gasteiger partial charge is 0.256 e. The van der Waals surface area contributed by atoms with Crippen LogP contribution in [0.15, 0.2) is 23.2 Å². The third-order valence-corrected chi connectivity index (χ3v) is 3.23. The van der Waals surface area contributed by atoms with Crippen LogP contribution in [0, 0.1) is 5.82 Å². The average molecular weight is 284 g/mol. The van der Waals surface area contributed by atoms with Crippen molar-refractivity contribution in [3.8, 4) is 0 Å². The number of nitrogens with zero attached hydrogens (tertiary/aromatic N) is 1. The number of rotatable bonds is 2. The highest BCUT2D eigenvalue weighted by Gasteiger charge is 2.42. The molecule has 1 amide bonds. The Bertz CT molecular complexity index is 559. The molecule has 1 aliphatic rings. The molecule has 2 N–H and O–H groups in total. The van der Waals surface area contributed by atoms with Gasteiger partial charge in [-0.05, 0) is 38.5 Å². The zero-order valence-electron chi connectivity index (χ0n) is 10.9. The first kappa shape index (κ1) is 13.8. The summed E-state index contributed by atoms with van der Waals surface area (Å²) >= 11 is 5.76. The van der Waals surface area contributed by atoms with Crippen LogP contribution in [0.4, 0.5) is 4.39 Å². The molecule has 19 heavy (non-hydrogen) atoms. The third-order valence-electron chi connectivity index (χ3n) is 2.94. The number of benzene rings is 1. The molecule has 1 aliphatic heterocycles. The Morgan fingerprint density at radius 1 is 1.42 bits per heavy atom. The van der Waals surface area contributed by atoms with Gasteiger partial charge in [0.15, 0.2) is 5.96 Å². The first-order valence-electron chi connectivity index (χ1n) is 5.96. The largest absolute Gasteiger partial charge is 0.338 e. The molecule has 0 aliphatic carbocycles. The highest BCUT2D eigenvalue weighted by Crippen LogP contribution is 2.27. The predicted octanol–water partition coefficient (Wildman–Crippen LogP) is 2.18. The maximum atomic E-state index is 13.2. The average Bonchev–Trinajstić information content (AvgIpc) is 2.58. The number of nitrogens with one attached hydrogen (secondary N) is 2. The number of guanidine groups is 1. The van der Waals surface area contributed by atoms with Crippen molar-refractivity contribution in [2.45, 2.75) is 32.4 Å². The van der Waals surface area contributed by atoms with E-state index in [1.807, 2.05) is 13.8 Å². The van der Waals surface area contributed by atoms with E-state index in [1.165, 1.54) is 18.2 Å². The number of halogens is 2. The first-order chi connectivity index (χ1) is 8.83. The lowest BCUT2D eigenvalue weighted by Gasteiger charge is -2.22. The summed E-state index contributed by atoms with van der Waals surface area (Å²) in [6.07, 6.45) is 0. The number of amides is 1. The number of aliphatic imine (C=N–C) groups is 1. The van der Waals surface area contributed by atoms with E-state index >= 15 is 0 Å². The minimum atomic E-state index is -0.995. The second-order valence-electron chi connectivity index (χ2n) is 4.90. The highest BCUT2D eigenvalue weighted by atomic mass is 35.5. The minimum absolute atomic E-state index is 0.0115. The van der Waals surface area contributed by atoms with E-state index in [0.29, 0.717) is 11.5 Å². The normalized spacial score (nSPS) is 24.7. The number of hydrogen-bond donors (Lipinski definition) is 2. The Kier molecular flexibility index (Phi) is 3.49. The van der Waals surface area contributed by atoms with E-state index in [1.54, 1.807) is 6.92 Å². The summed E-state index contributed by atoms with van der Waals surface area (Å²) in [5, 5.41) is 5.68. The van der Waals surface area contributed by atoms with Crippen molar-refractivity contribution in [1.29, 1.82) is 0 Å². The Morgan fingerprint density at radius 3 is 2.68 bits per heavy atom. The number of carbonyl (C=O) groups is 1. The summed E-state index contributed by atoms with van der Waals surface area (Å²) in [6.45, 7) is 5.52. The van der Waals surface area contributed by atoms with Gasteiger partial charge in [0.2, 0.25) is 0 Å². The van der Waals surface area contributed by atoms with Crippen molar-refractivity contribution < 1.29 is 9.18 Å². The summed E-state index contributed by atoms with van der Waals surface area (Å²) in [6, 6.07) is 4.28. The molecular formula is C13H15ClFN3O. The van der Waals surface area contributed by atoms with Crippen LogP contribution in [0.5, 0.6) is 0 Å². The standard InChI is InChI=1S/C13H15ClFN3O/c1-7(2)16-12-17-11(19)13(3,18-12)8-4-5-10(15)9(14)6-8/h4-7H,1-3H3,(H2,16,17,18,19). The van der Waals surface area contributed by atoms with Crippen LogP contribution in [0.2, 0.25) is 5.02 Å². The fraction of sp³-hybridized carbons (Fsp3) is 0.385. The minimum Gasteiger partial charge on any atom is -0.338 e. The fourth-order valence-electron chi connectivity index (χ4n) is 1.89. The first-order valence-corrected chi connectivity index (χ1v) is 6.33. The fourth-order valence-corrected chi connectivity index (χ4v) is 2.07. The van der Waals surface area contributed by atoms with Gasteiger partial charge in [-0.25, -0.2) is 4.39 Å². The molecule has 0 spiro atoms. The van der Waals surface area contributed by atoms with E-state index in [0.717, 1.165) is 0 Å². The lowest BCUT2D eigenvalue weighted by Crippen LogP contribution is -2.40. The van der Waals surface area contributed by atoms with E-state index in [-0.39, 0.29) is 17.0 Å². The predicted molar refractivity (Wildman–Crippen MR) is 72.6 cm³/mol. The Labute approximate surface area is 116 Å². The molecule has 0 radical (unpaired) electrons. The Hall–Kier alpha value is -1.62. The summed E-state index contributed by atoms with van der Waals surface area (Å²) in [5.74, 6) is -0.332. The molecule has 0 aromatic heterocycles. The SMILES string of the molecule is CC(C)N=C1NC(=O)C(C)(c2ccc(F)c(Cl)c2)N1. The van der Waals surface area contributed by atoms with Gasteiger partial charge in [-0.3, -0.25) is 15.1 Å². The summed E-state index contributed by atoms with van der Waals surface area (Å²) in [7, 11) is 0. The van der Waals surface area contributed by atoms with Crippen LogP contribution in [0.3, 0.4) is 0 Å². The van der Waals surface area contributed by atoms with Gasteiger partial charge in [0.05, 0.1) is 5.02 Å². The molecule has 1 fully saturated rings. The third kappa shape index (κ3) is 2.56. The Balaban J connectivity index is 2.37. The number of carbonyl (C=O) groups excluding carboxylic acids is 1. The van der Waals surface area contributed by atoms with E-state index in [4.69, 9.17) is 11.6 Å². The topological polar surface area (TPSA) is 53.5 Å². The van der Waals surface area contributed by atoms with Crippen LogP contribution in [-0.2, 0) is 10.3 Å². The second kappa shape index (κ2) is 4.81. The molecule has 0 bridgehead atoms. The van der Waals surface area contributed by atoms with Gasteiger partial charge in [0.25, 0.3) is 5.91 Å². The van der Waals surface area contributed by atoms with E-state index in [9.17, 15) is 9.18 Å². The van der Waals surface area contributed by atoms with Gasteiger partial charge in [-0.1, -0.05) is 17.7 Å². The van der Waals surface area contributed by atoms with Crippen molar-refractivity contribution in [2.24, 2.45) is 4.99 Å². The lowest BCUT2D eigenvalue weighted by molar-refractivity contribution is -0.123. The molecule has 2 rings (SSSR count). The zero-order valence-corrected chi connectivity index (χ0v) is 11.7. The molecule has 4 nitrogen and oxygen atoms in total. The van der Waals surface area contributed by atoms with Crippen molar-refractivity contribution in [2.75, 3.05) is 0 Å². The summed E-state index contributed by atoms with van der Waals surface area (Å²) < 4.78 is 13.2. The molecule has 1 aromatic carbocycles. The van der Waals surface area contributed by atoms with Gasteiger partial charge in [-0.2, -0.15) is 0 Å². The molecule has 6 heteroatoms. The Morgan fingerprint density at radius 2 is 2.11 bits per heavy atom. The summed E-state index contributed by atoms with van der Waals surface area (Å²) in [4.78, 5) is 16.3. The molecule has 1 unspecified atom stereocenters. The van der Waals surface area contributed by atoms with Crippen molar-refractivity contribution in [3.63, 3.8) is 0 Å². The summed E-state index contributed by atoms with van der Waals surface area (Å²) in [5.41, 5.74) is -0.407. The molecule has 102 valence electrons. The monoisotopic (exact) mass is 283 g/mol. The quantitative estimate of drug-likeness (QED) is 0.874. The molecule has 1 aromatic rings. The van der Waals surface area contributed by atoms with Crippen LogP contribution >= 0.6 is 11.6 Å². The van der Waals surface area contributed by atoms with Gasteiger partial charge in [0, 0.05) is 6.04 Å². The number of hydrogen-bond acceptors (Lipinski definition) is 2. The van der Waals surface area contributed by atoms with Gasteiger partial charge < -0.3 is 5.32 Å². The van der Waals surface area contributed by atoms with Gasteiger partial charge in [0.1, 0.15) is 11.4 Å². The molecule has 1 heterocycles. The van der Waals surface area contributed by atoms with Gasteiger partial charge in [-0.15, -0.1) is 0 Å². The van der Waals surface area contributed by atoms with Crippen molar-refractivity contribution in [1.82, 2.24) is 10.6 Å². The zero-order chi connectivity index (χ0) is 14.2. The van der Waals surface area contributed by atoms with E-state index < -0.39 is 11.4 Å². The molecule has 1 saturated heterocycles. The van der Waals surface area contributed by atoms with Gasteiger partial charge >= 0.3 is 0 Å². The molecule has 1 atom stereocenters. The second-order valence-corrected chi connectivity index (χ2v) is 5.31. The molecular weight excluding hydrogens is 269 g/mol. The van der Waals surface area contributed by atoms with Crippen LogP contribution in [-0.4, -0.2) is 17.9 Å². The highest BCUT2D eigenvalue weighted by molar-refractivity contribution is 6.30. The van der Waals surface area contributed by atoms with Crippen LogP contribution in [0.1, 0.15) is 26.3 Å². The molecule has 0 saturated carbocycles. The van der Waals surface area contributed by atoms with Crippen LogP contribution in [0.25, 0.3) is 0 Å². The van der Waals surface area contributed by atoms with Crippen LogP contribution < -0.4 is 10.6 Å². The maximum Gasteiger partial charge on any atom is 0.256 e. The maximum absolute atomic E-state index is 13.2. The van der Waals surface area contributed by atoms with Crippen molar-refractivity contribution in [3.05, 3.63) is 34.6 Å².